The molecule has 0 aliphatic carbocycles. The predicted molar refractivity (Wildman–Crippen MR) is 363 cm³/mol. The summed E-state index contributed by atoms with van der Waals surface area (Å²) in [5, 5.41) is 6.60. The number of para-hydroxylation sites is 6. The van der Waals surface area contributed by atoms with Crippen LogP contribution >= 0.6 is 22.7 Å². The van der Waals surface area contributed by atoms with Crippen LogP contribution in [-0.4, -0.2) is 29.1 Å². The predicted octanol–water partition coefficient (Wildman–Crippen LogP) is 21.3. The van der Waals surface area contributed by atoms with E-state index in [1.165, 1.54) is 56.6 Å². The molecule has 0 amide bonds. The van der Waals surface area contributed by atoms with E-state index < -0.39 is 10.8 Å². The standard InChI is InChI=1S/C76H48N8O4S2/c1-75(2)47-25-13-17-29-57(47)83(61-37-59-45(31-49(61)75)43-23-11-15-27-55(43)81(59)41-19-7-5-8-20-41)73-67(71-79-53-35-63-51(77-39-85-63)33-65(53)87-71)69-70(89-73)68(72-80-54-36-64-52(78-40-86-64)34-66(54)88-72)74(90-69)84-58-30-18-14-26-48(58)76(3,4)50-32-46-44-24-12-16-28-56(44)82(60(46)38-62(50)84)42-21-9-6-10-22-42/h5-40H,1-4H3. The van der Waals surface area contributed by atoms with Crippen molar-refractivity contribution < 1.29 is 17.7 Å². The molecule has 0 saturated heterocycles. The number of rotatable bonds is 6. The normalized spacial score (nSPS) is 14.4. The van der Waals surface area contributed by atoms with Crippen LogP contribution in [0.1, 0.15) is 49.9 Å². The second kappa shape index (κ2) is 17.8. The van der Waals surface area contributed by atoms with E-state index in [-0.39, 0.29) is 0 Å². The monoisotopic (exact) mass is 1200 g/mol. The second-order valence-electron chi connectivity index (χ2n) is 24.6. The van der Waals surface area contributed by atoms with Gasteiger partial charge in [-0.1, -0.05) is 137 Å². The zero-order valence-corrected chi connectivity index (χ0v) is 50.4. The highest BCUT2D eigenvalue weighted by Crippen LogP contribution is 2.64. The van der Waals surface area contributed by atoms with E-state index in [1.54, 1.807) is 22.7 Å². The van der Waals surface area contributed by atoms with E-state index in [0.717, 1.165) is 86.7 Å². The fourth-order valence-electron chi connectivity index (χ4n) is 14.8. The van der Waals surface area contributed by atoms with Crippen molar-refractivity contribution in [3.63, 3.8) is 0 Å². The summed E-state index contributed by atoms with van der Waals surface area (Å²) in [6.45, 7) is 9.43. The van der Waals surface area contributed by atoms with Gasteiger partial charge < -0.3 is 36.6 Å². The van der Waals surface area contributed by atoms with Crippen LogP contribution in [0.2, 0.25) is 0 Å². The Balaban J connectivity index is 0.929. The molecule has 90 heavy (non-hydrogen) atoms. The maximum atomic E-state index is 7.21. The quantitative estimate of drug-likeness (QED) is 0.159. The highest BCUT2D eigenvalue weighted by molar-refractivity contribution is 7.33. The van der Waals surface area contributed by atoms with Gasteiger partial charge in [0.2, 0.25) is 11.8 Å². The fraction of sp³-hybridized carbons (Fsp3) is 0.0789. The van der Waals surface area contributed by atoms with E-state index >= 15 is 0 Å². The van der Waals surface area contributed by atoms with Crippen LogP contribution in [0.5, 0.6) is 0 Å². The highest BCUT2D eigenvalue weighted by atomic mass is 32.1. The average Bonchev–Trinajstić information content (AvgIpc) is 1.18. The molecule has 2 aliphatic heterocycles. The van der Waals surface area contributed by atoms with Gasteiger partial charge in [-0.2, -0.15) is 0 Å². The van der Waals surface area contributed by atoms with Gasteiger partial charge in [0, 0.05) is 68.0 Å². The summed E-state index contributed by atoms with van der Waals surface area (Å²) in [5.41, 5.74) is 21.6. The Morgan fingerprint density at radius 1 is 0.356 bits per heavy atom. The molecule has 0 N–H and O–H groups in total. The molecule has 14 heteroatoms. The smallest absolute Gasteiger partial charge is 0.231 e. The maximum Gasteiger partial charge on any atom is 0.231 e. The third-order valence-electron chi connectivity index (χ3n) is 19.1. The molecule has 0 saturated carbocycles. The van der Waals surface area contributed by atoms with Crippen molar-refractivity contribution in [2.45, 2.75) is 38.5 Å². The van der Waals surface area contributed by atoms with Crippen molar-refractivity contribution in [2.75, 3.05) is 9.80 Å². The maximum absolute atomic E-state index is 7.21. The number of aromatic nitrogens is 6. The molecular weight excluding hydrogens is 1150 g/mol. The lowest BCUT2D eigenvalue weighted by Crippen LogP contribution is -2.30. The fourth-order valence-corrected chi connectivity index (χ4v) is 17.7. The van der Waals surface area contributed by atoms with Crippen molar-refractivity contribution in [3.8, 4) is 34.3 Å². The summed E-state index contributed by atoms with van der Waals surface area (Å²) in [5.74, 6) is 0.917. The number of thiophene rings is 2. The van der Waals surface area contributed by atoms with Crippen LogP contribution < -0.4 is 9.80 Å². The van der Waals surface area contributed by atoms with Gasteiger partial charge in [0.25, 0.3) is 0 Å². The van der Waals surface area contributed by atoms with Crippen molar-refractivity contribution >= 4 is 153 Å². The van der Waals surface area contributed by atoms with E-state index in [0.29, 0.717) is 56.2 Å². The first-order chi connectivity index (χ1) is 44.1. The molecule has 0 spiro atoms. The molecule has 2 aliphatic rings. The first kappa shape index (κ1) is 50.0. The number of anilines is 6. The Morgan fingerprint density at radius 2 is 0.756 bits per heavy atom. The third kappa shape index (κ3) is 6.72. The van der Waals surface area contributed by atoms with Gasteiger partial charge in [0.15, 0.2) is 35.1 Å². The van der Waals surface area contributed by atoms with Crippen molar-refractivity contribution in [3.05, 3.63) is 241 Å². The average molecular weight is 1200 g/mol. The Hall–Kier alpha value is -11.1. The minimum absolute atomic E-state index is 0.426. The first-order valence-corrected chi connectivity index (χ1v) is 31.7. The number of oxazole rings is 4. The summed E-state index contributed by atoms with van der Waals surface area (Å²) < 4.78 is 32.9. The first-order valence-electron chi connectivity index (χ1n) is 30.1. The SMILES string of the molecule is CC1(C)c2ccccc2N(c2sc3c(-c4nc5cc6ocnc6cc5o4)c(N4c5ccccc5C(C)(C)c5cc6c7ccccc7n(-c7ccccc7)c6cc54)sc3c2-c2nc3cc4ocnc4cc3o2)c2cc3c(cc21)c1ccccc1n3-c1ccccc1. The lowest BCUT2D eigenvalue weighted by Gasteiger charge is -2.42. The summed E-state index contributed by atoms with van der Waals surface area (Å²) in [4.78, 5) is 25.0. The zero-order chi connectivity index (χ0) is 59.5. The molecule has 18 aromatic rings. The molecule has 0 fully saturated rings. The molecule has 20 rings (SSSR count). The van der Waals surface area contributed by atoms with Gasteiger partial charge in [-0.15, -0.1) is 22.7 Å². The van der Waals surface area contributed by atoms with Gasteiger partial charge in [-0.3, -0.25) is 0 Å². The highest BCUT2D eigenvalue weighted by Gasteiger charge is 2.44. The van der Waals surface area contributed by atoms with Crippen LogP contribution in [0.15, 0.2) is 237 Å². The van der Waals surface area contributed by atoms with Crippen LogP contribution in [0.3, 0.4) is 0 Å². The van der Waals surface area contributed by atoms with E-state index in [2.05, 4.69) is 239 Å². The van der Waals surface area contributed by atoms with Crippen LogP contribution in [0, 0.1) is 0 Å². The number of nitrogens with zero attached hydrogens (tertiary/aromatic N) is 8. The molecule has 0 radical (unpaired) electrons. The van der Waals surface area contributed by atoms with Crippen LogP contribution in [0.4, 0.5) is 32.8 Å². The largest absolute Gasteiger partial charge is 0.443 e. The topological polar surface area (TPSA) is 120 Å². The van der Waals surface area contributed by atoms with Crippen molar-refractivity contribution in [1.82, 2.24) is 29.1 Å². The summed E-state index contributed by atoms with van der Waals surface area (Å²) in [7, 11) is 0. The molecule has 12 nitrogen and oxygen atoms in total. The number of benzene rings is 10. The van der Waals surface area contributed by atoms with Gasteiger partial charge >= 0.3 is 0 Å². The Morgan fingerprint density at radius 3 is 1.21 bits per heavy atom. The molecule has 0 unspecified atom stereocenters. The number of hydrogen-bond donors (Lipinski definition) is 0. The van der Waals surface area contributed by atoms with Gasteiger partial charge in [-0.25, -0.2) is 19.9 Å². The lowest BCUT2D eigenvalue weighted by atomic mass is 9.73. The Bertz CT molecular complexity index is 5620. The van der Waals surface area contributed by atoms with Crippen LogP contribution in [-0.2, 0) is 10.8 Å². The number of hydrogen-bond acceptors (Lipinski definition) is 12. The van der Waals surface area contributed by atoms with Crippen molar-refractivity contribution in [1.29, 1.82) is 0 Å². The molecule has 8 aromatic heterocycles. The molecule has 10 heterocycles. The zero-order valence-electron chi connectivity index (χ0n) is 48.8. The molecular formula is C76H48N8O4S2. The molecule has 10 aromatic carbocycles. The molecule has 0 bridgehead atoms. The lowest BCUT2D eigenvalue weighted by molar-refractivity contribution is 0.602. The minimum atomic E-state index is -0.426. The van der Waals surface area contributed by atoms with Crippen LogP contribution in [0.25, 0.3) is 132 Å². The number of fused-ring (bicyclic) bond motifs is 15. The van der Waals surface area contributed by atoms with Gasteiger partial charge in [-0.05, 0) is 95.1 Å². The van der Waals surface area contributed by atoms with Gasteiger partial charge in [0.05, 0.1) is 65.3 Å². The van der Waals surface area contributed by atoms with E-state index in [4.69, 9.17) is 27.6 Å². The van der Waals surface area contributed by atoms with Crippen molar-refractivity contribution in [2.24, 2.45) is 0 Å². The summed E-state index contributed by atoms with van der Waals surface area (Å²) in [6, 6.07) is 74.0. The van der Waals surface area contributed by atoms with Gasteiger partial charge in [0.1, 0.15) is 32.1 Å². The minimum Gasteiger partial charge on any atom is -0.443 e. The van der Waals surface area contributed by atoms with E-state index in [9.17, 15) is 0 Å². The van der Waals surface area contributed by atoms with E-state index in [1.807, 2.05) is 24.3 Å². The summed E-state index contributed by atoms with van der Waals surface area (Å²) in [6.07, 6.45) is 2.93. The Kier molecular flexibility index (Phi) is 9.89. The Labute approximate surface area is 520 Å². The summed E-state index contributed by atoms with van der Waals surface area (Å²) >= 11 is 3.41. The second-order valence-corrected chi connectivity index (χ2v) is 26.6. The molecule has 428 valence electrons. The third-order valence-corrected chi connectivity index (χ3v) is 21.6. The molecule has 0 atom stereocenters.